The summed E-state index contributed by atoms with van der Waals surface area (Å²) in [5.41, 5.74) is 3.41. The van der Waals surface area contributed by atoms with Crippen molar-refractivity contribution in [2.75, 3.05) is 31.6 Å². The lowest BCUT2D eigenvalue weighted by molar-refractivity contribution is 0.0194. The summed E-state index contributed by atoms with van der Waals surface area (Å²) >= 11 is 0. The van der Waals surface area contributed by atoms with E-state index in [1.54, 1.807) is 0 Å². The number of pyridine rings is 1. The molecule has 210 valence electrons. The van der Waals surface area contributed by atoms with Crippen LogP contribution in [0, 0.1) is 5.92 Å². The predicted molar refractivity (Wildman–Crippen MR) is 152 cm³/mol. The number of esters is 1. The molecule has 9 heteroatoms. The van der Waals surface area contributed by atoms with E-state index in [1.165, 1.54) is 13.5 Å². The van der Waals surface area contributed by atoms with Crippen molar-refractivity contribution in [2.45, 2.75) is 84.3 Å². The number of anilines is 1. The van der Waals surface area contributed by atoms with Gasteiger partial charge in [-0.3, -0.25) is 0 Å². The number of likely N-dealkylation sites (tertiary alicyclic amines) is 1. The Balaban J connectivity index is 1.56. The van der Waals surface area contributed by atoms with Gasteiger partial charge >= 0.3 is 12.1 Å². The summed E-state index contributed by atoms with van der Waals surface area (Å²) in [5.74, 6) is 0.247. The van der Waals surface area contributed by atoms with Gasteiger partial charge in [-0.2, -0.15) is 5.10 Å². The van der Waals surface area contributed by atoms with Gasteiger partial charge in [0.15, 0.2) is 11.3 Å². The first-order chi connectivity index (χ1) is 18.6. The monoisotopic (exact) mass is 535 g/mol. The number of piperidine rings is 1. The third-order valence-electron chi connectivity index (χ3n) is 8.21. The van der Waals surface area contributed by atoms with Crippen LogP contribution in [-0.4, -0.2) is 70.1 Å². The molecular weight excluding hydrogens is 494 g/mol. The maximum absolute atomic E-state index is 12.9. The van der Waals surface area contributed by atoms with Crippen LogP contribution < -0.4 is 4.90 Å². The molecule has 2 unspecified atom stereocenters. The molecule has 0 radical (unpaired) electrons. The van der Waals surface area contributed by atoms with E-state index in [0.717, 1.165) is 61.2 Å². The number of nitrogens with zero attached hydrogens (tertiary/aromatic N) is 5. The van der Waals surface area contributed by atoms with Gasteiger partial charge in [0.2, 0.25) is 0 Å². The van der Waals surface area contributed by atoms with E-state index >= 15 is 0 Å². The van der Waals surface area contributed by atoms with Crippen molar-refractivity contribution in [1.29, 1.82) is 0 Å². The van der Waals surface area contributed by atoms with Crippen molar-refractivity contribution in [2.24, 2.45) is 5.92 Å². The van der Waals surface area contributed by atoms with Gasteiger partial charge in [0.25, 0.3) is 0 Å². The molecule has 0 spiro atoms. The molecule has 0 bridgehead atoms. The zero-order chi connectivity index (χ0) is 27.9. The quantitative estimate of drug-likeness (QED) is 0.355. The van der Waals surface area contributed by atoms with E-state index in [4.69, 9.17) is 19.6 Å². The zero-order valence-electron chi connectivity index (χ0n) is 24.1. The van der Waals surface area contributed by atoms with Crippen LogP contribution >= 0.6 is 0 Å². The standard InChI is InChI=1S/C30H41N5O4/c1-7-10-21(8-2)35-27-25(26(32-35)19-11-9-12-19)24(17-22(31-27)28(36)38-6)33-15-14-23-20(18-33)13-16-34(23)29(37)39-30(3,4)5/h7-8,10,17,19-20,23H,9,11-16,18H2,1-6H3/b10-7-,21-8+. The summed E-state index contributed by atoms with van der Waals surface area (Å²) in [6.07, 6.45) is 11.0. The number of ether oxygens (including phenoxy) is 2. The minimum Gasteiger partial charge on any atom is -0.464 e. The van der Waals surface area contributed by atoms with Gasteiger partial charge in [0.1, 0.15) is 5.60 Å². The minimum atomic E-state index is -0.514. The Labute approximate surface area is 230 Å². The Morgan fingerprint density at radius 3 is 2.49 bits per heavy atom. The van der Waals surface area contributed by atoms with Crippen LogP contribution in [0.4, 0.5) is 10.5 Å². The fourth-order valence-corrected chi connectivity index (χ4v) is 6.14. The van der Waals surface area contributed by atoms with Crippen LogP contribution in [0.1, 0.15) is 88.8 Å². The highest BCUT2D eigenvalue weighted by atomic mass is 16.6. The molecule has 1 saturated carbocycles. The number of carbonyl (C=O) groups excluding carboxylic acids is 2. The number of allylic oxidation sites excluding steroid dienone is 4. The van der Waals surface area contributed by atoms with E-state index in [-0.39, 0.29) is 17.8 Å². The normalized spacial score (nSPS) is 22.4. The summed E-state index contributed by atoms with van der Waals surface area (Å²) in [4.78, 5) is 34.8. The van der Waals surface area contributed by atoms with Crippen molar-refractivity contribution in [1.82, 2.24) is 19.7 Å². The molecule has 9 nitrogen and oxygen atoms in total. The van der Waals surface area contributed by atoms with Crippen molar-refractivity contribution >= 4 is 34.5 Å². The minimum absolute atomic E-state index is 0.159. The summed E-state index contributed by atoms with van der Waals surface area (Å²) in [5, 5.41) is 6.13. The van der Waals surface area contributed by atoms with Gasteiger partial charge in [-0.15, -0.1) is 0 Å². The largest absolute Gasteiger partial charge is 0.464 e. The Hall–Kier alpha value is -3.36. The lowest BCUT2D eigenvalue weighted by Crippen LogP contribution is -2.48. The molecule has 4 heterocycles. The van der Waals surface area contributed by atoms with E-state index < -0.39 is 11.6 Å². The molecule has 0 aromatic carbocycles. The Morgan fingerprint density at radius 2 is 1.87 bits per heavy atom. The lowest BCUT2D eigenvalue weighted by Gasteiger charge is -2.39. The van der Waals surface area contributed by atoms with Crippen LogP contribution in [0.15, 0.2) is 24.3 Å². The van der Waals surface area contributed by atoms with Crippen LogP contribution in [0.3, 0.4) is 0 Å². The predicted octanol–water partition coefficient (Wildman–Crippen LogP) is 5.76. The van der Waals surface area contributed by atoms with E-state index in [1.807, 2.05) is 68.5 Å². The topological polar surface area (TPSA) is 89.8 Å². The third kappa shape index (κ3) is 5.15. The molecule has 5 rings (SSSR count). The Kier molecular flexibility index (Phi) is 7.44. The second-order valence-electron chi connectivity index (χ2n) is 11.9. The van der Waals surface area contributed by atoms with Crippen molar-refractivity contribution < 1.29 is 19.1 Å². The highest BCUT2D eigenvalue weighted by Gasteiger charge is 2.43. The van der Waals surface area contributed by atoms with E-state index in [2.05, 4.69) is 4.90 Å². The number of carbonyl (C=O) groups is 2. The third-order valence-corrected chi connectivity index (χ3v) is 8.21. The van der Waals surface area contributed by atoms with Gasteiger partial charge in [-0.25, -0.2) is 19.3 Å². The number of amides is 1. The number of aromatic nitrogens is 3. The molecule has 2 saturated heterocycles. The maximum Gasteiger partial charge on any atom is 0.410 e. The second kappa shape index (κ2) is 10.7. The SMILES string of the molecule is C/C=C\C(=C/C)n1nc(C2CCC2)c2c(N3CCC4C(CCN4C(=O)OC(C)(C)C)C3)cc(C(=O)OC)nc21. The average Bonchev–Trinajstić information content (AvgIpc) is 3.46. The summed E-state index contributed by atoms with van der Waals surface area (Å²) in [6.45, 7) is 11.9. The zero-order valence-corrected chi connectivity index (χ0v) is 24.1. The van der Waals surface area contributed by atoms with Gasteiger partial charge in [-0.05, 0) is 78.4 Å². The molecule has 1 amide bonds. The first-order valence-corrected chi connectivity index (χ1v) is 14.2. The highest BCUT2D eigenvalue weighted by Crippen LogP contribution is 2.44. The van der Waals surface area contributed by atoms with Gasteiger partial charge in [0, 0.05) is 31.6 Å². The lowest BCUT2D eigenvalue weighted by atomic mass is 9.81. The van der Waals surface area contributed by atoms with Crippen molar-refractivity contribution in [3.05, 3.63) is 35.7 Å². The summed E-state index contributed by atoms with van der Waals surface area (Å²) in [6, 6.07) is 2.04. The summed E-state index contributed by atoms with van der Waals surface area (Å²) < 4.78 is 12.7. The first-order valence-electron chi connectivity index (χ1n) is 14.2. The smallest absolute Gasteiger partial charge is 0.410 e. The average molecular weight is 536 g/mol. The van der Waals surface area contributed by atoms with Crippen molar-refractivity contribution in [3.63, 3.8) is 0 Å². The second-order valence-corrected chi connectivity index (χ2v) is 11.9. The first kappa shape index (κ1) is 27.2. The highest BCUT2D eigenvalue weighted by molar-refractivity contribution is 5.99. The number of methoxy groups -OCH3 is 1. The number of fused-ring (bicyclic) bond motifs is 2. The van der Waals surface area contributed by atoms with Crippen LogP contribution in [0.2, 0.25) is 0 Å². The summed E-state index contributed by atoms with van der Waals surface area (Å²) in [7, 11) is 1.39. The Bertz CT molecular complexity index is 1320. The number of rotatable bonds is 5. The molecule has 1 aliphatic carbocycles. The van der Waals surface area contributed by atoms with E-state index in [9.17, 15) is 9.59 Å². The van der Waals surface area contributed by atoms with Crippen LogP contribution in [0.5, 0.6) is 0 Å². The molecule has 2 aromatic heterocycles. The van der Waals surface area contributed by atoms with Gasteiger partial charge in [0.05, 0.1) is 29.6 Å². The molecule has 2 aromatic rings. The fourth-order valence-electron chi connectivity index (χ4n) is 6.14. The van der Waals surface area contributed by atoms with Gasteiger partial charge < -0.3 is 19.3 Å². The fraction of sp³-hybridized carbons (Fsp3) is 0.600. The molecule has 3 aliphatic rings. The molecule has 2 atom stereocenters. The molecule has 3 fully saturated rings. The maximum atomic E-state index is 12.9. The molecule has 0 N–H and O–H groups in total. The number of hydrogen-bond acceptors (Lipinski definition) is 7. The van der Waals surface area contributed by atoms with Crippen LogP contribution in [-0.2, 0) is 9.47 Å². The Morgan fingerprint density at radius 1 is 1.10 bits per heavy atom. The van der Waals surface area contributed by atoms with Crippen molar-refractivity contribution in [3.8, 4) is 0 Å². The number of hydrogen-bond donors (Lipinski definition) is 0. The molecule has 2 aliphatic heterocycles. The van der Waals surface area contributed by atoms with Gasteiger partial charge in [-0.1, -0.05) is 18.6 Å². The molecule has 39 heavy (non-hydrogen) atoms. The molecular formula is C30H41N5O4. The van der Waals surface area contributed by atoms with E-state index in [0.29, 0.717) is 24.0 Å². The van der Waals surface area contributed by atoms with Crippen LogP contribution in [0.25, 0.3) is 16.7 Å².